The fraction of sp³-hybridized carbons (Fsp3) is 1.00. The highest BCUT2D eigenvalue weighted by atomic mass is 15.0. The lowest BCUT2D eigenvalue weighted by Crippen LogP contribution is -2.51. The minimum absolute atomic E-state index is 0.823. The summed E-state index contributed by atoms with van der Waals surface area (Å²) in [6, 6.07) is 2.49. The molecule has 0 amide bonds. The second-order valence-electron chi connectivity index (χ2n) is 6.23. The van der Waals surface area contributed by atoms with Crippen molar-refractivity contribution in [3.63, 3.8) is 0 Å². The van der Waals surface area contributed by atoms with Crippen LogP contribution in [0.3, 0.4) is 0 Å². The fourth-order valence-electron chi connectivity index (χ4n) is 3.94. The highest BCUT2D eigenvalue weighted by Gasteiger charge is 2.38. The second-order valence-corrected chi connectivity index (χ2v) is 6.23. The molecule has 1 aliphatic heterocycles. The minimum Gasteiger partial charge on any atom is -0.314 e. The van der Waals surface area contributed by atoms with Gasteiger partial charge in [-0.25, -0.2) is 0 Å². The van der Waals surface area contributed by atoms with Crippen LogP contribution in [-0.2, 0) is 0 Å². The molecule has 5 atom stereocenters. The minimum atomic E-state index is 0.823. The van der Waals surface area contributed by atoms with Crippen LogP contribution >= 0.6 is 0 Å². The summed E-state index contributed by atoms with van der Waals surface area (Å²) in [7, 11) is 0. The van der Waals surface area contributed by atoms with Crippen LogP contribution in [0.25, 0.3) is 0 Å². The Labute approximate surface area is 99.6 Å². The Hall–Kier alpha value is -0.0800. The monoisotopic (exact) mass is 222 g/mol. The highest BCUT2D eigenvalue weighted by Crippen LogP contribution is 2.35. The number of hydrogen-bond donors (Lipinski definition) is 2. The lowest BCUT2D eigenvalue weighted by Gasteiger charge is -2.39. The largest absolute Gasteiger partial charge is 0.314 e. The Morgan fingerprint density at radius 1 is 0.938 bits per heavy atom. The topological polar surface area (TPSA) is 24.1 Å². The summed E-state index contributed by atoms with van der Waals surface area (Å²) in [5.74, 6) is 1.85. The molecular weight excluding hydrogens is 196 g/mol. The van der Waals surface area contributed by atoms with Crippen molar-refractivity contribution in [1.82, 2.24) is 10.6 Å². The van der Waals surface area contributed by atoms with Crippen LogP contribution < -0.4 is 10.6 Å². The van der Waals surface area contributed by atoms with Gasteiger partial charge in [0.05, 0.1) is 0 Å². The molecule has 0 aromatic heterocycles. The molecule has 0 radical (unpaired) electrons. The molecule has 0 aromatic carbocycles. The zero-order valence-corrected chi connectivity index (χ0v) is 10.5. The quantitative estimate of drug-likeness (QED) is 0.765. The Kier molecular flexibility index (Phi) is 3.21. The molecule has 0 spiro atoms. The molecule has 16 heavy (non-hydrogen) atoms. The summed E-state index contributed by atoms with van der Waals surface area (Å²) in [5.41, 5.74) is 0. The molecule has 5 unspecified atom stereocenters. The van der Waals surface area contributed by atoms with Gasteiger partial charge in [-0.05, 0) is 56.9 Å². The summed E-state index contributed by atoms with van der Waals surface area (Å²) in [6.45, 7) is 3.66. The molecule has 92 valence electrons. The molecular formula is C14H26N2. The van der Waals surface area contributed by atoms with E-state index < -0.39 is 0 Å². The third kappa shape index (κ3) is 2.02. The first-order valence-electron chi connectivity index (χ1n) is 7.34. The van der Waals surface area contributed by atoms with Crippen molar-refractivity contribution in [1.29, 1.82) is 0 Å². The standard InChI is InChI=1S/C14H26N2/c1-10-7-8-12(10)16-14-5-2-4-11(14)13-6-3-9-15-13/h10-16H,2-9H2,1H3. The molecule has 1 saturated heterocycles. The lowest BCUT2D eigenvalue weighted by atomic mass is 9.80. The van der Waals surface area contributed by atoms with E-state index in [-0.39, 0.29) is 0 Å². The third-order valence-electron chi connectivity index (χ3n) is 5.23. The van der Waals surface area contributed by atoms with E-state index in [1.165, 1.54) is 51.5 Å². The first kappa shape index (κ1) is 11.0. The highest BCUT2D eigenvalue weighted by molar-refractivity contribution is 4.96. The maximum absolute atomic E-state index is 3.95. The van der Waals surface area contributed by atoms with Gasteiger partial charge < -0.3 is 10.6 Å². The van der Waals surface area contributed by atoms with Crippen LogP contribution in [0.4, 0.5) is 0 Å². The maximum atomic E-state index is 3.95. The van der Waals surface area contributed by atoms with E-state index in [0.717, 1.165) is 30.0 Å². The molecule has 3 aliphatic rings. The van der Waals surface area contributed by atoms with Crippen molar-refractivity contribution in [2.45, 2.75) is 70.0 Å². The average molecular weight is 222 g/mol. The Morgan fingerprint density at radius 3 is 2.50 bits per heavy atom. The molecule has 3 rings (SSSR count). The summed E-state index contributed by atoms with van der Waals surface area (Å²) >= 11 is 0. The first-order chi connectivity index (χ1) is 7.84. The van der Waals surface area contributed by atoms with E-state index in [4.69, 9.17) is 0 Å². The Morgan fingerprint density at radius 2 is 1.88 bits per heavy atom. The van der Waals surface area contributed by atoms with Gasteiger partial charge in [-0.3, -0.25) is 0 Å². The van der Waals surface area contributed by atoms with Gasteiger partial charge in [-0.1, -0.05) is 13.3 Å². The first-order valence-corrected chi connectivity index (χ1v) is 7.34. The predicted octanol–water partition coefficient (Wildman–Crippen LogP) is 2.30. The van der Waals surface area contributed by atoms with Gasteiger partial charge in [-0.15, -0.1) is 0 Å². The summed E-state index contributed by atoms with van der Waals surface area (Å²) in [5, 5.41) is 7.66. The average Bonchev–Trinajstić information content (AvgIpc) is 2.93. The zero-order valence-electron chi connectivity index (χ0n) is 10.5. The van der Waals surface area contributed by atoms with Gasteiger partial charge in [0, 0.05) is 18.1 Å². The summed E-state index contributed by atoms with van der Waals surface area (Å²) in [4.78, 5) is 0. The van der Waals surface area contributed by atoms with Crippen LogP contribution in [0.15, 0.2) is 0 Å². The van der Waals surface area contributed by atoms with Gasteiger partial charge in [-0.2, -0.15) is 0 Å². The van der Waals surface area contributed by atoms with Crippen molar-refractivity contribution >= 4 is 0 Å². The summed E-state index contributed by atoms with van der Waals surface area (Å²) in [6.07, 6.45) is 10.0. The van der Waals surface area contributed by atoms with Crippen molar-refractivity contribution < 1.29 is 0 Å². The fourth-order valence-corrected chi connectivity index (χ4v) is 3.94. The third-order valence-corrected chi connectivity index (χ3v) is 5.23. The van der Waals surface area contributed by atoms with Crippen molar-refractivity contribution in [2.75, 3.05) is 6.54 Å². The van der Waals surface area contributed by atoms with Crippen LogP contribution in [-0.4, -0.2) is 24.7 Å². The maximum Gasteiger partial charge on any atom is 0.0113 e. The van der Waals surface area contributed by atoms with E-state index >= 15 is 0 Å². The van der Waals surface area contributed by atoms with E-state index in [0.29, 0.717) is 0 Å². The van der Waals surface area contributed by atoms with E-state index in [1.807, 2.05) is 0 Å². The number of rotatable bonds is 3. The van der Waals surface area contributed by atoms with Crippen LogP contribution in [0.2, 0.25) is 0 Å². The molecule has 1 heterocycles. The molecule has 2 aliphatic carbocycles. The van der Waals surface area contributed by atoms with Crippen LogP contribution in [0, 0.1) is 11.8 Å². The summed E-state index contributed by atoms with van der Waals surface area (Å²) < 4.78 is 0. The molecule has 2 saturated carbocycles. The number of nitrogens with one attached hydrogen (secondary N) is 2. The van der Waals surface area contributed by atoms with E-state index in [1.54, 1.807) is 0 Å². The molecule has 2 N–H and O–H groups in total. The molecule has 3 fully saturated rings. The van der Waals surface area contributed by atoms with Gasteiger partial charge in [0.25, 0.3) is 0 Å². The van der Waals surface area contributed by atoms with Crippen LogP contribution in [0.5, 0.6) is 0 Å². The smallest absolute Gasteiger partial charge is 0.0113 e. The van der Waals surface area contributed by atoms with Gasteiger partial charge in [0.1, 0.15) is 0 Å². The normalized spacial score (nSPS) is 48.2. The molecule has 2 nitrogen and oxygen atoms in total. The Balaban J connectivity index is 1.56. The van der Waals surface area contributed by atoms with Crippen molar-refractivity contribution in [2.24, 2.45) is 11.8 Å². The predicted molar refractivity (Wildman–Crippen MR) is 67.5 cm³/mol. The van der Waals surface area contributed by atoms with E-state index in [9.17, 15) is 0 Å². The zero-order chi connectivity index (χ0) is 11.0. The Bertz CT molecular complexity index is 235. The van der Waals surface area contributed by atoms with E-state index in [2.05, 4.69) is 17.6 Å². The second kappa shape index (κ2) is 4.66. The van der Waals surface area contributed by atoms with Crippen molar-refractivity contribution in [3.8, 4) is 0 Å². The molecule has 0 aromatic rings. The van der Waals surface area contributed by atoms with Gasteiger partial charge in [0.2, 0.25) is 0 Å². The van der Waals surface area contributed by atoms with Gasteiger partial charge >= 0.3 is 0 Å². The van der Waals surface area contributed by atoms with Gasteiger partial charge in [0.15, 0.2) is 0 Å². The molecule has 2 heteroatoms. The SMILES string of the molecule is CC1CCC1NC1CCCC1C1CCCN1. The lowest BCUT2D eigenvalue weighted by molar-refractivity contribution is 0.185. The molecule has 0 bridgehead atoms. The number of hydrogen-bond acceptors (Lipinski definition) is 2. The van der Waals surface area contributed by atoms with Crippen molar-refractivity contribution in [3.05, 3.63) is 0 Å². The van der Waals surface area contributed by atoms with Crippen LogP contribution in [0.1, 0.15) is 51.9 Å².